The first-order chi connectivity index (χ1) is 3.72. The minimum atomic E-state index is -0.965. The molecular weight excluding hydrogens is 130 g/mol. The van der Waals surface area contributed by atoms with Crippen LogP contribution in [0.2, 0.25) is 0 Å². The molecule has 0 amide bonds. The van der Waals surface area contributed by atoms with Gasteiger partial charge in [0.2, 0.25) is 6.29 Å². The second kappa shape index (κ2) is 3.83. The average Bonchev–Trinajstić information content (AvgIpc) is 1.84. The second-order valence-corrected chi connectivity index (χ2v) is 1.67. The van der Waals surface area contributed by atoms with Crippen LogP contribution in [-0.4, -0.2) is 29.4 Å². The van der Waals surface area contributed by atoms with Crippen LogP contribution in [0.25, 0.3) is 0 Å². The molecule has 0 aliphatic rings. The maximum atomic E-state index is 9.64. The van der Waals surface area contributed by atoms with E-state index in [0.29, 0.717) is 0 Å². The monoisotopic (exact) mass is 136 g/mol. The number of halogens is 1. The molecule has 2 atom stereocenters. The Morgan fingerprint density at radius 2 is 2.38 bits per heavy atom. The fourth-order valence-electron chi connectivity index (χ4n) is 0.175. The van der Waals surface area contributed by atoms with E-state index in [0.717, 1.165) is 0 Å². The highest BCUT2D eigenvalue weighted by atomic mass is 35.5. The largest absolute Gasteiger partial charge is 0.390 e. The lowest BCUT2D eigenvalue weighted by molar-refractivity contribution is 0.188. The topological polar surface area (TPSA) is 63.3 Å². The average molecular weight is 137 g/mol. The molecule has 3 N–H and O–H groups in total. The lowest BCUT2D eigenvalue weighted by Crippen LogP contribution is -2.36. The third kappa shape index (κ3) is 2.26. The van der Waals surface area contributed by atoms with Crippen LogP contribution in [0.4, 0.5) is 0 Å². The lowest BCUT2D eigenvalue weighted by atomic mass is 10.2. The highest BCUT2D eigenvalue weighted by molar-refractivity contribution is 6.18. The molecule has 8 heavy (non-hydrogen) atoms. The molecule has 1 radical (unpaired) electrons. The number of nitrogens with two attached hydrogens (primary N) is 1. The van der Waals surface area contributed by atoms with Crippen LogP contribution in [0.15, 0.2) is 0 Å². The zero-order chi connectivity index (χ0) is 6.57. The summed E-state index contributed by atoms with van der Waals surface area (Å²) in [5.41, 5.74) is 4.97. The minimum absolute atomic E-state index is 0.0313. The van der Waals surface area contributed by atoms with Crippen molar-refractivity contribution < 1.29 is 9.90 Å². The summed E-state index contributed by atoms with van der Waals surface area (Å²) < 4.78 is 0. The van der Waals surface area contributed by atoms with Gasteiger partial charge in [0.1, 0.15) is 0 Å². The number of alkyl halides is 1. The molecule has 0 aromatic carbocycles. The van der Waals surface area contributed by atoms with E-state index in [1.165, 1.54) is 6.29 Å². The molecule has 0 unspecified atom stereocenters. The summed E-state index contributed by atoms with van der Waals surface area (Å²) in [6.45, 7) is 0. The number of hydrogen-bond donors (Lipinski definition) is 2. The Morgan fingerprint density at radius 3 is 2.50 bits per heavy atom. The highest BCUT2D eigenvalue weighted by Crippen LogP contribution is 1.88. The van der Waals surface area contributed by atoms with E-state index in [9.17, 15) is 4.79 Å². The van der Waals surface area contributed by atoms with Crippen molar-refractivity contribution in [2.75, 3.05) is 5.88 Å². The van der Waals surface area contributed by atoms with Crippen LogP contribution in [0.1, 0.15) is 0 Å². The summed E-state index contributed by atoms with van der Waals surface area (Å²) in [6, 6.07) is -0.965. The van der Waals surface area contributed by atoms with Gasteiger partial charge >= 0.3 is 0 Å². The molecule has 0 fully saturated rings. The van der Waals surface area contributed by atoms with Crippen LogP contribution >= 0.6 is 11.6 Å². The van der Waals surface area contributed by atoms with Crippen LogP contribution in [0.5, 0.6) is 0 Å². The predicted molar refractivity (Wildman–Crippen MR) is 30.4 cm³/mol. The lowest BCUT2D eigenvalue weighted by Gasteiger charge is -2.06. The third-order valence-corrected chi connectivity index (χ3v) is 1.02. The number of rotatable bonds is 3. The Bertz CT molecular complexity index is 78.4. The summed E-state index contributed by atoms with van der Waals surface area (Å²) in [6.07, 6.45) is 0.445. The minimum Gasteiger partial charge on any atom is -0.390 e. The third-order valence-electron chi connectivity index (χ3n) is 0.709. The Labute approximate surface area is 52.4 Å². The quantitative estimate of drug-likeness (QED) is 0.491. The normalized spacial score (nSPS) is 17.4. The first-order valence-corrected chi connectivity index (χ1v) is 2.63. The van der Waals surface area contributed by atoms with Gasteiger partial charge in [-0.1, -0.05) is 0 Å². The molecule has 0 heterocycles. The Kier molecular flexibility index (Phi) is 3.77. The van der Waals surface area contributed by atoms with Crippen molar-refractivity contribution >= 4 is 17.9 Å². The first-order valence-electron chi connectivity index (χ1n) is 2.09. The van der Waals surface area contributed by atoms with Gasteiger partial charge in [0, 0.05) is 0 Å². The van der Waals surface area contributed by atoms with E-state index >= 15 is 0 Å². The Balaban J connectivity index is 3.44. The summed E-state index contributed by atoms with van der Waals surface area (Å²) in [7, 11) is 0. The molecule has 0 saturated carbocycles. The summed E-state index contributed by atoms with van der Waals surface area (Å²) in [5, 5.41) is 8.61. The van der Waals surface area contributed by atoms with E-state index in [4.69, 9.17) is 22.4 Å². The zero-order valence-electron chi connectivity index (χ0n) is 4.17. The van der Waals surface area contributed by atoms with Gasteiger partial charge in [-0.15, -0.1) is 11.6 Å². The molecule has 4 heteroatoms. The molecule has 0 bridgehead atoms. The maximum Gasteiger partial charge on any atom is 0.219 e. The fourth-order valence-corrected chi connectivity index (χ4v) is 0.366. The van der Waals surface area contributed by atoms with Gasteiger partial charge in [-0.25, -0.2) is 0 Å². The van der Waals surface area contributed by atoms with Gasteiger partial charge in [-0.3, -0.25) is 4.79 Å². The highest BCUT2D eigenvalue weighted by Gasteiger charge is 2.11. The predicted octanol–water partition coefficient (Wildman–Crippen LogP) is -0.977. The molecule has 0 saturated heterocycles. The maximum absolute atomic E-state index is 9.64. The van der Waals surface area contributed by atoms with Gasteiger partial charge < -0.3 is 10.8 Å². The molecule has 47 valence electrons. The fraction of sp³-hybridized carbons (Fsp3) is 0.750. The SMILES string of the molecule is N[C@H]([C]=O)[C@H](O)CCl. The van der Waals surface area contributed by atoms with Gasteiger partial charge in [0.15, 0.2) is 0 Å². The van der Waals surface area contributed by atoms with Crippen LogP contribution in [-0.2, 0) is 4.79 Å². The van der Waals surface area contributed by atoms with E-state index in [2.05, 4.69) is 0 Å². The van der Waals surface area contributed by atoms with E-state index in [1.54, 1.807) is 0 Å². The van der Waals surface area contributed by atoms with Crippen LogP contribution < -0.4 is 5.73 Å². The summed E-state index contributed by atoms with van der Waals surface area (Å²) >= 11 is 5.12. The van der Waals surface area contributed by atoms with Crippen molar-refractivity contribution in [3.8, 4) is 0 Å². The number of aliphatic hydroxyl groups excluding tert-OH is 1. The molecule has 0 aromatic rings. The number of carbonyl (C=O) groups excluding carboxylic acids is 1. The first kappa shape index (κ1) is 7.88. The number of aliphatic hydroxyl groups is 1. The van der Waals surface area contributed by atoms with Crippen molar-refractivity contribution in [3.05, 3.63) is 0 Å². The number of hydrogen-bond acceptors (Lipinski definition) is 3. The molecule has 0 aromatic heterocycles. The van der Waals surface area contributed by atoms with Crippen LogP contribution in [0.3, 0.4) is 0 Å². The van der Waals surface area contributed by atoms with E-state index in [1.807, 2.05) is 0 Å². The molecule has 0 aliphatic carbocycles. The van der Waals surface area contributed by atoms with Crippen molar-refractivity contribution in [1.82, 2.24) is 0 Å². The van der Waals surface area contributed by atoms with Crippen molar-refractivity contribution in [2.45, 2.75) is 12.1 Å². The molecule has 0 rings (SSSR count). The molecule has 0 aliphatic heterocycles. The molecular formula is C4H7ClNO2. The van der Waals surface area contributed by atoms with Gasteiger partial charge in [-0.05, 0) is 0 Å². The molecule has 3 nitrogen and oxygen atoms in total. The van der Waals surface area contributed by atoms with Crippen molar-refractivity contribution in [3.63, 3.8) is 0 Å². The van der Waals surface area contributed by atoms with E-state index in [-0.39, 0.29) is 5.88 Å². The zero-order valence-corrected chi connectivity index (χ0v) is 4.93. The second-order valence-electron chi connectivity index (χ2n) is 1.37. The van der Waals surface area contributed by atoms with E-state index < -0.39 is 12.1 Å². The standard InChI is InChI=1S/C4H7ClNO2/c5-1-4(8)3(6)2-7/h3-4,8H,1,6H2/t3-,4-/m1/s1. The summed E-state index contributed by atoms with van der Waals surface area (Å²) in [4.78, 5) is 9.64. The Morgan fingerprint density at radius 1 is 1.88 bits per heavy atom. The van der Waals surface area contributed by atoms with Crippen molar-refractivity contribution in [1.29, 1.82) is 0 Å². The van der Waals surface area contributed by atoms with Gasteiger partial charge in [0.05, 0.1) is 18.0 Å². The Hall–Kier alpha value is -0.120. The smallest absolute Gasteiger partial charge is 0.219 e. The summed E-state index contributed by atoms with van der Waals surface area (Å²) in [5.74, 6) is -0.0313. The van der Waals surface area contributed by atoms with Gasteiger partial charge in [-0.2, -0.15) is 0 Å². The van der Waals surface area contributed by atoms with Crippen molar-refractivity contribution in [2.24, 2.45) is 5.73 Å². The molecule has 0 spiro atoms. The van der Waals surface area contributed by atoms with Crippen LogP contribution in [0, 0.1) is 0 Å². The van der Waals surface area contributed by atoms with Gasteiger partial charge in [0.25, 0.3) is 0 Å².